The normalized spacial score (nSPS) is 21.6. The summed E-state index contributed by atoms with van der Waals surface area (Å²) >= 11 is 1.28. The number of ether oxygens (including phenoxy) is 1. The van der Waals surface area contributed by atoms with Crippen molar-refractivity contribution in [3.8, 4) is 5.75 Å². The van der Waals surface area contributed by atoms with E-state index in [0.29, 0.717) is 10.7 Å². The van der Waals surface area contributed by atoms with Crippen LogP contribution in [0.5, 0.6) is 5.75 Å². The maximum absolute atomic E-state index is 13.2. The van der Waals surface area contributed by atoms with Crippen LogP contribution in [0.1, 0.15) is 42.1 Å². The summed E-state index contributed by atoms with van der Waals surface area (Å²) in [6.07, 6.45) is 3.27. The van der Waals surface area contributed by atoms with Crippen LogP contribution in [-0.2, 0) is 22.4 Å². The van der Waals surface area contributed by atoms with Crippen molar-refractivity contribution in [2.45, 2.75) is 38.8 Å². The number of carbonyl (C=O) groups excluding carboxylic acids is 2. The minimum absolute atomic E-state index is 0.0648. The van der Waals surface area contributed by atoms with Crippen molar-refractivity contribution in [2.75, 3.05) is 4.90 Å². The van der Waals surface area contributed by atoms with Crippen LogP contribution in [0.2, 0.25) is 0 Å². The number of nitrogens with zero attached hydrogens (tertiary/aromatic N) is 2. The Balaban J connectivity index is 1.67. The standard InChI is InChI=1S/C25H22N2O4S/c1-3-15-4-6-16(7-5-15)21-20(23(29)24(30)27(21)25-26-10-11-32-25)22(28)17-8-9-19-18(13-17)12-14(2)31-19/h4-11,13-14,21,28H,3,12H2,1-2H3. The zero-order chi connectivity index (χ0) is 22.4. The van der Waals surface area contributed by atoms with Crippen molar-refractivity contribution in [1.29, 1.82) is 0 Å². The Labute approximate surface area is 189 Å². The van der Waals surface area contributed by atoms with Gasteiger partial charge in [0, 0.05) is 23.6 Å². The van der Waals surface area contributed by atoms with E-state index in [1.165, 1.54) is 16.2 Å². The number of thiazole rings is 1. The summed E-state index contributed by atoms with van der Waals surface area (Å²) in [4.78, 5) is 31.9. The van der Waals surface area contributed by atoms with Gasteiger partial charge in [0.1, 0.15) is 17.6 Å². The van der Waals surface area contributed by atoms with Gasteiger partial charge in [0.05, 0.1) is 11.6 Å². The number of hydrogen-bond donors (Lipinski definition) is 1. The minimum atomic E-state index is -0.754. The van der Waals surface area contributed by atoms with E-state index in [9.17, 15) is 14.7 Å². The fraction of sp³-hybridized carbons (Fsp3) is 0.240. The van der Waals surface area contributed by atoms with Crippen molar-refractivity contribution in [3.05, 3.63) is 81.9 Å². The molecule has 32 heavy (non-hydrogen) atoms. The van der Waals surface area contributed by atoms with Gasteiger partial charge in [0.25, 0.3) is 5.78 Å². The van der Waals surface area contributed by atoms with Gasteiger partial charge in [0.2, 0.25) is 0 Å². The number of aromatic nitrogens is 1. The highest BCUT2D eigenvalue weighted by molar-refractivity contribution is 7.14. The van der Waals surface area contributed by atoms with Gasteiger partial charge < -0.3 is 9.84 Å². The number of aliphatic hydroxyl groups excluding tert-OH is 1. The number of amides is 1. The second-order valence-electron chi connectivity index (χ2n) is 8.03. The van der Waals surface area contributed by atoms with Gasteiger partial charge in [-0.3, -0.25) is 14.5 Å². The Morgan fingerprint density at radius 1 is 1.22 bits per heavy atom. The molecule has 7 heteroatoms. The van der Waals surface area contributed by atoms with Crippen molar-refractivity contribution in [1.82, 2.24) is 4.98 Å². The molecule has 1 saturated heterocycles. The quantitative estimate of drug-likeness (QED) is 0.358. The Kier molecular flexibility index (Phi) is 5.06. The predicted molar refractivity (Wildman–Crippen MR) is 123 cm³/mol. The molecule has 0 bridgehead atoms. The van der Waals surface area contributed by atoms with Crippen LogP contribution >= 0.6 is 11.3 Å². The SMILES string of the molecule is CCc1ccc(C2C(=C(O)c3ccc4c(c3)CC(C)O4)C(=O)C(=O)N2c2nccs2)cc1. The second kappa shape index (κ2) is 7.91. The molecule has 1 N–H and O–H groups in total. The molecule has 2 aliphatic heterocycles. The largest absolute Gasteiger partial charge is 0.507 e. The molecule has 2 aliphatic rings. The van der Waals surface area contributed by atoms with E-state index in [2.05, 4.69) is 11.9 Å². The van der Waals surface area contributed by atoms with Gasteiger partial charge in [-0.2, -0.15) is 0 Å². The Morgan fingerprint density at radius 2 is 2.00 bits per heavy atom. The minimum Gasteiger partial charge on any atom is -0.507 e. The fourth-order valence-electron chi connectivity index (χ4n) is 4.34. The molecule has 2 atom stereocenters. The van der Waals surface area contributed by atoms with Crippen LogP contribution in [-0.4, -0.2) is 27.9 Å². The van der Waals surface area contributed by atoms with Gasteiger partial charge >= 0.3 is 5.91 Å². The number of anilines is 1. The Bertz CT molecular complexity index is 1230. The summed E-state index contributed by atoms with van der Waals surface area (Å²) < 4.78 is 5.75. The van der Waals surface area contributed by atoms with Crippen molar-refractivity contribution in [2.24, 2.45) is 0 Å². The van der Waals surface area contributed by atoms with Gasteiger partial charge in [-0.25, -0.2) is 4.98 Å². The van der Waals surface area contributed by atoms with Gasteiger partial charge in [-0.05, 0) is 48.2 Å². The first-order chi connectivity index (χ1) is 15.5. The molecular formula is C25H22N2O4S. The van der Waals surface area contributed by atoms with E-state index in [-0.39, 0.29) is 17.4 Å². The lowest BCUT2D eigenvalue weighted by Crippen LogP contribution is -2.29. The third kappa shape index (κ3) is 3.29. The average molecular weight is 447 g/mol. The van der Waals surface area contributed by atoms with Crippen LogP contribution in [0.15, 0.2) is 59.6 Å². The van der Waals surface area contributed by atoms with Crippen LogP contribution < -0.4 is 9.64 Å². The highest BCUT2D eigenvalue weighted by Crippen LogP contribution is 2.43. The average Bonchev–Trinajstić information content (AvgIpc) is 3.51. The first kappa shape index (κ1) is 20.5. The summed E-state index contributed by atoms with van der Waals surface area (Å²) in [5, 5.41) is 13.5. The monoisotopic (exact) mass is 446 g/mol. The molecule has 0 radical (unpaired) electrons. The Hall–Kier alpha value is -3.45. The summed E-state index contributed by atoms with van der Waals surface area (Å²) in [5.74, 6) is -0.810. The number of aliphatic hydroxyl groups is 1. The van der Waals surface area contributed by atoms with Gasteiger partial charge in [0.15, 0.2) is 5.13 Å². The summed E-state index contributed by atoms with van der Waals surface area (Å²) in [7, 11) is 0. The molecule has 2 unspecified atom stereocenters. The smallest absolute Gasteiger partial charge is 0.301 e. The topological polar surface area (TPSA) is 79.7 Å². The van der Waals surface area contributed by atoms with E-state index < -0.39 is 17.7 Å². The number of carbonyl (C=O) groups is 2. The lowest BCUT2D eigenvalue weighted by atomic mass is 9.94. The van der Waals surface area contributed by atoms with Crippen LogP contribution in [0, 0.1) is 0 Å². The molecule has 5 rings (SSSR count). The molecular weight excluding hydrogens is 424 g/mol. The predicted octanol–water partition coefficient (Wildman–Crippen LogP) is 4.66. The first-order valence-electron chi connectivity index (χ1n) is 10.6. The lowest BCUT2D eigenvalue weighted by Gasteiger charge is -2.23. The number of benzene rings is 2. The van der Waals surface area contributed by atoms with E-state index in [1.54, 1.807) is 23.7 Å². The maximum Gasteiger partial charge on any atom is 0.301 e. The molecule has 1 fully saturated rings. The number of Topliss-reactive ketones (excluding diaryl/α,β-unsaturated/α-hetero) is 1. The molecule has 162 valence electrons. The number of ketones is 1. The summed E-state index contributed by atoms with van der Waals surface area (Å²) in [6, 6.07) is 12.4. The molecule has 0 aliphatic carbocycles. The summed E-state index contributed by atoms with van der Waals surface area (Å²) in [6.45, 7) is 4.05. The molecule has 1 amide bonds. The van der Waals surface area contributed by atoms with Crippen molar-refractivity contribution < 1.29 is 19.4 Å². The first-order valence-corrected chi connectivity index (χ1v) is 11.4. The third-order valence-electron chi connectivity index (χ3n) is 5.94. The highest BCUT2D eigenvalue weighted by Gasteiger charge is 2.48. The van der Waals surface area contributed by atoms with E-state index in [0.717, 1.165) is 35.3 Å². The Morgan fingerprint density at radius 3 is 2.69 bits per heavy atom. The number of fused-ring (bicyclic) bond motifs is 1. The van der Waals surface area contributed by atoms with Gasteiger partial charge in [-0.1, -0.05) is 31.2 Å². The second-order valence-corrected chi connectivity index (χ2v) is 8.91. The van der Waals surface area contributed by atoms with Crippen LogP contribution in [0.3, 0.4) is 0 Å². The molecule has 1 aromatic heterocycles. The maximum atomic E-state index is 13.2. The van der Waals surface area contributed by atoms with Gasteiger partial charge in [-0.15, -0.1) is 11.3 Å². The molecule has 0 spiro atoms. The number of hydrogen-bond acceptors (Lipinski definition) is 6. The fourth-order valence-corrected chi connectivity index (χ4v) is 5.01. The van der Waals surface area contributed by atoms with E-state index >= 15 is 0 Å². The van der Waals surface area contributed by atoms with E-state index in [4.69, 9.17) is 4.74 Å². The molecule has 3 heterocycles. The summed E-state index contributed by atoms with van der Waals surface area (Å²) in [5.41, 5.74) is 3.43. The molecule has 0 saturated carbocycles. The zero-order valence-corrected chi connectivity index (χ0v) is 18.6. The van der Waals surface area contributed by atoms with Crippen LogP contribution in [0.4, 0.5) is 5.13 Å². The third-order valence-corrected chi connectivity index (χ3v) is 6.71. The highest BCUT2D eigenvalue weighted by atomic mass is 32.1. The molecule has 6 nitrogen and oxygen atoms in total. The number of rotatable bonds is 4. The number of aryl methyl sites for hydroxylation is 1. The van der Waals surface area contributed by atoms with Crippen molar-refractivity contribution >= 4 is 33.9 Å². The molecule has 3 aromatic rings. The lowest BCUT2D eigenvalue weighted by molar-refractivity contribution is -0.132. The van der Waals surface area contributed by atoms with E-state index in [1.807, 2.05) is 37.3 Å². The van der Waals surface area contributed by atoms with Crippen LogP contribution in [0.25, 0.3) is 5.76 Å². The molecule has 2 aromatic carbocycles. The zero-order valence-electron chi connectivity index (χ0n) is 17.7. The van der Waals surface area contributed by atoms with Crippen molar-refractivity contribution in [3.63, 3.8) is 0 Å².